The standard InChI is InChI=1S/C20H18ClN3O3S.Na/c1-20(19(26)27,14-2-4-15(21)5-3-14)10-17(25)23-11-18-24-16(12-28-18)13-6-8-22-9-7-13;/h2-9,12H,10-11H2,1H3,(H,23,25)(H,26,27);/q;+1/p-1. The van der Waals surface area contributed by atoms with Crippen molar-refractivity contribution in [1.29, 1.82) is 0 Å². The van der Waals surface area contributed by atoms with Crippen molar-refractivity contribution >= 4 is 34.8 Å². The van der Waals surface area contributed by atoms with Gasteiger partial charge in [0.25, 0.3) is 0 Å². The first-order valence-electron chi connectivity index (χ1n) is 8.47. The number of carboxylic acid groups (broad SMARTS) is 1. The molecule has 0 aliphatic carbocycles. The molecule has 2 aromatic heterocycles. The average molecular weight is 438 g/mol. The van der Waals surface area contributed by atoms with Gasteiger partial charge in [0, 0.05) is 40.2 Å². The Morgan fingerprint density at radius 1 is 1.17 bits per heavy atom. The summed E-state index contributed by atoms with van der Waals surface area (Å²) in [5, 5.41) is 17.6. The van der Waals surface area contributed by atoms with Crippen molar-refractivity contribution in [1.82, 2.24) is 15.3 Å². The number of nitrogens with zero attached hydrogens (tertiary/aromatic N) is 2. The van der Waals surface area contributed by atoms with E-state index in [1.165, 1.54) is 18.3 Å². The molecule has 0 aliphatic heterocycles. The van der Waals surface area contributed by atoms with Crippen molar-refractivity contribution in [2.75, 3.05) is 0 Å². The summed E-state index contributed by atoms with van der Waals surface area (Å²) in [6.07, 6.45) is 3.13. The van der Waals surface area contributed by atoms with Crippen LogP contribution in [0.2, 0.25) is 5.02 Å². The number of carbonyl (C=O) groups is 2. The van der Waals surface area contributed by atoms with E-state index < -0.39 is 17.3 Å². The molecule has 0 radical (unpaired) electrons. The molecule has 0 spiro atoms. The van der Waals surface area contributed by atoms with Gasteiger partial charge in [-0.3, -0.25) is 9.78 Å². The van der Waals surface area contributed by atoms with Crippen LogP contribution in [0.4, 0.5) is 0 Å². The van der Waals surface area contributed by atoms with E-state index in [-0.39, 0.29) is 42.5 Å². The fourth-order valence-electron chi connectivity index (χ4n) is 2.71. The Morgan fingerprint density at radius 3 is 2.45 bits per heavy atom. The van der Waals surface area contributed by atoms with Crippen LogP contribution in [-0.4, -0.2) is 21.8 Å². The molecule has 0 saturated carbocycles. The predicted molar refractivity (Wildman–Crippen MR) is 106 cm³/mol. The van der Waals surface area contributed by atoms with Gasteiger partial charge in [0.2, 0.25) is 5.91 Å². The molecule has 1 atom stereocenters. The Kier molecular flexibility index (Phi) is 8.36. The summed E-state index contributed by atoms with van der Waals surface area (Å²) in [6.45, 7) is 1.69. The van der Waals surface area contributed by atoms with Gasteiger partial charge < -0.3 is 15.2 Å². The summed E-state index contributed by atoms with van der Waals surface area (Å²) in [5.41, 5.74) is 0.745. The number of halogens is 1. The SMILES string of the molecule is CC(CC(=O)NCc1nc(-c2ccncc2)cs1)(C(=O)[O-])c1ccc(Cl)cc1.[Na+]. The Hall–Kier alpha value is -1.77. The molecule has 3 aromatic rings. The molecule has 1 amide bonds. The van der Waals surface area contributed by atoms with Crippen LogP contribution in [0.25, 0.3) is 11.3 Å². The number of nitrogens with one attached hydrogen (secondary N) is 1. The maximum Gasteiger partial charge on any atom is 1.00 e. The zero-order valence-corrected chi connectivity index (χ0v) is 19.6. The number of carbonyl (C=O) groups excluding carboxylic acids is 2. The maximum atomic E-state index is 12.4. The topological polar surface area (TPSA) is 95.0 Å². The molecule has 3 rings (SSSR count). The Labute approximate surface area is 199 Å². The summed E-state index contributed by atoms with van der Waals surface area (Å²) in [4.78, 5) is 32.6. The van der Waals surface area contributed by atoms with Crippen molar-refractivity contribution in [3.05, 3.63) is 69.8 Å². The third kappa shape index (κ3) is 5.87. The number of benzene rings is 1. The molecule has 1 unspecified atom stereocenters. The monoisotopic (exact) mass is 437 g/mol. The van der Waals surface area contributed by atoms with E-state index >= 15 is 0 Å². The van der Waals surface area contributed by atoms with Crippen LogP contribution in [0.5, 0.6) is 0 Å². The first-order valence-corrected chi connectivity index (χ1v) is 9.73. The fourth-order valence-corrected chi connectivity index (χ4v) is 3.58. The molecule has 144 valence electrons. The second-order valence-electron chi connectivity index (χ2n) is 6.44. The van der Waals surface area contributed by atoms with Gasteiger partial charge in [-0.25, -0.2) is 4.98 Å². The summed E-state index contributed by atoms with van der Waals surface area (Å²) >= 11 is 7.28. The third-order valence-electron chi connectivity index (χ3n) is 4.41. The second-order valence-corrected chi connectivity index (χ2v) is 7.82. The van der Waals surface area contributed by atoms with Crippen LogP contribution in [0.3, 0.4) is 0 Å². The predicted octanol–water partition coefficient (Wildman–Crippen LogP) is -0.423. The second kappa shape index (κ2) is 10.3. The van der Waals surface area contributed by atoms with Gasteiger partial charge in [0.15, 0.2) is 0 Å². The van der Waals surface area contributed by atoms with Gasteiger partial charge in [-0.2, -0.15) is 0 Å². The molecule has 2 heterocycles. The van der Waals surface area contributed by atoms with E-state index in [9.17, 15) is 14.7 Å². The molecule has 0 saturated heterocycles. The van der Waals surface area contributed by atoms with E-state index in [0.29, 0.717) is 10.6 Å². The molecule has 1 aromatic carbocycles. The molecule has 0 aliphatic rings. The van der Waals surface area contributed by atoms with Crippen LogP contribution in [0, 0.1) is 0 Å². The fraction of sp³-hybridized carbons (Fsp3) is 0.200. The van der Waals surface area contributed by atoms with Gasteiger partial charge in [0.1, 0.15) is 5.01 Å². The maximum absolute atomic E-state index is 12.4. The van der Waals surface area contributed by atoms with Crippen molar-refractivity contribution in [2.45, 2.75) is 25.3 Å². The van der Waals surface area contributed by atoms with E-state index in [4.69, 9.17) is 11.6 Å². The summed E-state index contributed by atoms with van der Waals surface area (Å²) in [5.74, 6) is -1.72. The number of thiazole rings is 1. The molecule has 1 N–H and O–H groups in total. The normalized spacial score (nSPS) is 12.5. The van der Waals surface area contributed by atoms with E-state index in [0.717, 1.165) is 16.3 Å². The Bertz CT molecular complexity index is 982. The molecule has 0 fully saturated rings. The minimum atomic E-state index is -1.46. The van der Waals surface area contributed by atoms with Gasteiger partial charge in [-0.1, -0.05) is 23.7 Å². The largest absolute Gasteiger partial charge is 1.00 e. The molecular weight excluding hydrogens is 421 g/mol. The first kappa shape index (κ1) is 23.5. The third-order valence-corrected chi connectivity index (χ3v) is 5.51. The Balaban J connectivity index is 0.00000300. The van der Waals surface area contributed by atoms with Crippen LogP contribution >= 0.6 is 22.9 Å². The van der Waals surface area contributed by atoms with Gasteiger partial charge >= 0.3 is 29.6 Å². The van der Waals surface area contributed by atoms with Crippen LogP contribution in [-0.2, 0) is 21.5 Å². The van der Waals surface area contributed by atoms with Crippen molar-refractivity contribution in [3.63, 3.8) is 0 Å². The van der Waals surface area contributed by atoms with Crippen molar-refractivity contribution < 1.29 is 44.3 Å². The minimum absolute atomic E-state index is 0. The number of hydrogen-bond acceptors (Lipinski definition) is 6. The summed E-state index contributed by atoms with van der Waals surface area (Å²) < 4.78 is 0. The molecule has 9 heteroatoms. The number of aromatic nitrogens is 2. The van der Waals surface area contributed by atoms with Gasteiger partial charge in [-0.05, 0) is 36.8 Å². The Morgan fingerprint density at radius 2 is 1.83 bits per heavy atom. The van der Waals surface area contributed by atoms with Crippen LogP contribution < -0.4 is 40.0 Å². The number of rotatable bonds is 7. The van der Waals surface area contributed by atoms with Crippen molar-refractivity contribution in [2.24, 2.45) is 0 Å². The quantitative estimate of drug-likeness (QED) is 0.506. The van der Waals surface area contributed by atoms with Gasteiger partial charge in [-0.15, -0.1) is 11.3 Å². The number of aliphatic carboxylic acids is 1. The molecule has 6 nitrogen and oxygen atoms in total. The number of amides is 1. The number of carboxylic acids is 1. The number of pyridine rings is 1. The van der Waals surface area contributed by atoms with Crippen LogP contribution in [0.15, 0.2) is 54.2 Å². The minimum Gasteiger partial charge on any atom is -0.549 e. The summed E-state index contributed by atoms with van der Waals surface area (Å²) in [7, 11) is 0. The average Bonchev–Trinajstić information content (AvgIpc) is 3.16. The first-order chi connectivity index (χ1) is 13.4. The van der Waals surface area contributed by atoms with Crippen molar-refractivity contribution in [3.8, 4) is 11.3 Å². The smallest absolute Gasteiger partial charge is 0.549 e. The number of hydrogen-bond donors (Lipinski definition) is 1. The zero-order chi connectivity index (χ0) is 20.1. The molecule has 0 bridgehead atoms. The molecule has 29 heavy (non-hydrogen) atoms. The summed E-state index contributed by atoms with van der Waals surface area (Å²) in [6, 6.07) is 10.1. The van der Waals surface area contributed by atoms with Gasteiger partial charge in [0.05, 0.1) is 18.2 Å². The van der Waals surface area contributed by atoms with E-state index in [1.54, 1.807) is 36.7 Å². The van der Waals surface area contributed by atoms with E-state index in [2.05, 4.69) is 15.3 Å². The van der Waals surface area contributed by atoms with E-state index in [1.807, 2.05) is 17.5 Å². The zero-order valence-electron chi connectivity index (χ0n) is 16.0. The molecular formula is C20H17ClN3NaO3S. The van der Waals surface area contributed by atoms with Crippen LogP contribution in [0.1, 0.15) is 23.9 Å².